The predicted octanol–water partition coefficient (Wildman–Crippen LogP) is 4.44. The zero-order valence-corrected chi connectivity index (χ0v) is 17.5. The molecule has 24 heavy (non-hydrogen) atoms. The van der Waals surface area contributed by atoms with Crippen LogP contribution in [0.25, 0.3) is 4.96 Å². The van der Waals surface area contributed by atoms with Gasteiger partial charge in [-0.25, -0.2) is 4.52 Å². The Kier molecular flexibility index (Phi) is 7.08. The first-order valence-corrected chi connectivity index (χ1v) is 13.8. The predicted molar refractivity (Wildman–Crippen MR) is 107 cm³/mol. The van der Waals surface area contributed by atoms with Gasteiger partial charge in [-0.1, -0.05) is 81.3 Å². The molecule has 0 saturated heterocycles. The van der Waals surface area contributed by atoms with Crippen molar-refractivity contribution in [3.8, 4) is 11.5 Å². The molecular formula is C17H25N3OS2Si. The van der Waals surface area contributed by atoms with E-state index in [9.17, 15) is 4.79 Å². The Morgan fingerprint density at radius 3 is 2.71 bits per heavy atom. The third-order valence-electron chi connectivity index (χ3n) is 3.29. The highest BCUT2D eigenvalue weighted by Crippen LogP contribution is 2.24. The first-order valence-electron chi connectivity index (χ1n) is 8.45. The lowest BCUT2D eigenvalue weighted by Crippen LogP contribution is -2.18. The number of aromatic nitrogens is 3. The SMILES string of the molecule is CCCCCCCSc1nn2cc(C#C[Si](C)(C)C)c(=O)nc2s1. The number of nitrogens with zero attached hydrogens (tertiary/aromatic N) is 3. The summed E-state index contributed by atoms with van der Waals surface area (Å²) in [5.41, 5.74) is 3.41. The summed E-state index contributed by atoms with van der Waals surface area (Å²) in [6, 6.07) is 0. The fourth-order valence-electron chi connectivity index (χ4n) is 2.02. The Morgan fingerprint density at radius 2 is 2.00 bits per heavy atom. The first kappa shape index (κ1) is 19.2. The second kappa shape index (κ2) is 8.84. The maximum Gasteiger partial charge on any atom is 0.289 e. The van der Waals surface area contributed by atoms with E-state index in [0.29, 0.717) is 10.5 Å². The van der Waals surface area contributed by atoms with Crippen molar-refractivity contribution < 1.29 is 0 Å². The molecule has 0 spiro atoms. The van der Waals surface area contributed by atoms with Crippen LogP contribution in [0.4, 0.5) is 0 Å². The summed E-state index contributed by atoms with van der Waals surface area (Å²) in [7, 11) is -1.52. The van der Waals surface area contributed by atoms with E-state index in [1.54, 1.807) is 22.5 Å². The number of fused-ring (bicyclic) bond motifs is 1. The molecule has 0 atom stereocenters. The number of rotatable bonds is 7. The van der Waals surface area contributed by atoms with E-state index >= 15 is 0 Å². The molecule has 0 saturated carbocycles. The van der Waals surface area contributed by atoms with Crippen LogP contribution in [-0.2, 0) is 0 Å². The molecule has 4 nitrogen and oxygen atoms in total. The number of hydrogen-bond donors (Lipinski definition) is 0. The fourth-order valence-corrected chi connectivity index (χ4v) is 4.51. The molecule has 0 aromatic carbocycles. The topological polar surface area (TPSA) is 47.3 Å². The van der Waals surface area contributed by atoms with Crippen molar-refractivity contribution in [1.82, 2.24) is 14.6 Å². The summed E-state index contributed by atoms with van der Waals surface area (Å²) in [5.74, 6) is 4.07. The van der Waals surface area contributed by atoms with E-state index in [1.807, 2.05) is 0 Å². The normalized spacial score (nSPS) is 11.5. The van der Waals surface area contributed by atoms with E-state index in [2.05, 4.69) is 48.1 Å². The molecule has 0 aliphatic rings. The fraction of sp³-hybridized carbons (Fsp3) is 0.588. The lowest BCUT2D eigenvalue weighted by atomic mass is 10.2. The van der Waals surface area contributed by atoms with Crippen molar-refractivity contribution in [3.63, 3.8) is 0 Å². The van der Waals surface area contributed by atoms with Crippen molar-refractivity contribution in [2.45, 2.75) is 63.0 Å². The molecule has 7 heteroatoms. The lowest BCUT2D eigenvalue weighted by molar-refractivity contribution is 0.659. The van der Waals surface area contributed by atoms with Crippen LogP contribution in [0.2, 0.25) is 19.6 Å². The summed E-state index contributed by atoms with van der Waals surface area (Å²) < 4.78 is 2.66. The Bertz CT molecular complexity index is 796. The van der Waals surface area contributed by atoms with Crippen molar-refractivity contribution in [2.24, 2.45) is 0 Å². The van der Waals surface area contributed by atoms with E-state index in [-0.39, 0.29) is 5.56 Å². The van der Waals surface area contributed by atoms with Crippen molar-refractivity contribution >= 4 is 36.1 Å². The Hall–Kier alpha value is -1.10. The minimum absolute atomic E-state index is 0.250. The van der Waals surface area contributed by atoms with Crippen LogP contribution >= 0.6 is 23.1 Å². The van der Waals surface area contributed by atoms with Crippen LogP contribution < -0.4 is 5.56 Å². The first-order chi connectivity index (χ1) is 11.4. The van der Waals surface area contributed by atoms with Gasteiger partial charge in [-0.2, -0.15) is 4.98 Å². The summed E-state index contributed by atoms with van der Waals surface area (Å²) in [4.78, 5) is 16.9. The van der Waals surface area contributed by atoms with Crippen LogP contribution in [0, 0.1) is 11.5 Å². The van der Waals surface area contributed by atoms with Crippen LogP contribution in [0.1, 0.15) is 44.6 Å². The highest BCUT2D eigenvalue weighted by molar-refractivity contribution is 8.01. The largest absolute Gasteiger partial charge is 0.289 e. The maximum atomic E-state index is 12.1. The summed E-state index contributed by atoms with van der Waals surface area (Å²) >= 11 is 3.23. The zero-order chi connectivity index (χ0) is 17.6. The molecule has 130 valence electrons. The number of unbranched alkanes of at least 4 members (excludes halogenated alkanes) is 4. The van der Waals surface area contributed by atoms with Gasteiger partial charge in [0.15, 0.2) is 4.34 Å². The molecule has 2 heterocycles. The quantitative estimate of drug-likeness (QED) is 0.309. The summed E-state index contributed by atoms with van der Waals surface area (Å²) in [6.07, 6.45) is 8.11. The van der Waals surface area contributed by atoms with Gasteiger partial charge in [-0.3, -0.25) is 4.79 Å². The van der Waals surface area contributed by atoms with Crippen LogP contribution in [0.15, 0.2) is 15.3 Å². The third kappa shape index (κ3) is 6.08. The molecule has 0 aliphatic carbocycles. The van der Waals surface area contributed by atoms with Crippen molar-refractivity contribution in [2.75, 3.05) is 5.75 Å². The van der Waals surface area contributed by atoms with Gasteiger partial charge >= 0.3 is 0 Å². The van der Waals surface area contributed by atoms with Crippen molar-refractivity contribution in [1.29, 1.82) is 0 Å². The average Bonchev–Trinajstić information content (AvgIpc) is 2.89. The second-order valence-electron chi connectivity index (χ2n) is 6.82. The van der Waals surface area contributed by atoms with Gasteiger partial charge in [-0.05, 0) is 6.42 Å². The van der Waals surface area contributed by atoms with E-state index in [0.717, 1.165) is 10.1 Å². The molecule has 0 bridgehead atoms. The smallest absolute Gasteiger partial charge is 0.266 e. The molecule has 0 N–H and O–H groups in total. The molecule has 0 amide bonds. The Balaban J connectivity index is 2.05. The minimum atomic E-state index is -1.52. The lowest BCUT2D eigenvalue weighted by Gasteiger charge is -2.02. The van der Waals surface area contributed by atoms with Crippen LogP contribution in [0.5, 0.6) is 0 Å². The molecular weight excluding hydrogens is 354 g/mol. The number of hydrogen-bond acceptors (Lipinski definition) is 5. The van der Waals surface area contributed by atoms with Gasteiger partial charge < -0.3 is 0 Å². The molecule has 2 rings (SSSR count). The highest BCUT2D eigenvalue weighted by Gasteiger charge is 2.10. The molecule has 2 aromatic rings. The highest BCUT2D eigenvalue weighted by atomic mass is 32.2. The van der Waals surface area contributed by atoms with Gasteiger partial charge in [0.1, 0.15) is 13.6 Å². The van der Waals surface area contributed by atoms with Gasteiger partial charge in [0.05, 0.1) is 6.20 Å². The molecule has 2 aromatic heterocycles. The standard InChI is InChI=1S/C17H25N3OS2Si/c1-5-6-7-8-9-11-22-17-19-20-13-14(10-12-24(2,3)4)15(21)18-16(20)23-17/h13H,5-9,11H2,1-4H3. The van der Waals surface area contributed by atoms with Gasteiger partial charge in [0.25, 0.3) is 5.56 Å². The van der Waals surface area contributed by atoms with Gasteiger partial charge in [0.2, 0.25) is 4.96 Å². The minimum Gasteiger partial charge on any atom is -0.266 e. The third-order valence-corrected chi connectivity index (χ3v) is 6.31. The van der Waals surface area contributed by atoms with E-state index in [4.69, 9.17) is 0 Å². The molecule has 0 fully saturated rings. The molecule has 0 aliphatic heterocycles. The van der Waals surface area contributed by atoms with E-state index in [1.165, 1.54) is 43.4 Å². The zero-order valence-electron chi connectivity index (χ0n) is 14.9. The molecule has 0 unspecified atom stereocenters. The van der Waals surface area contributed by atoms with E-state index < -0.39 is 8.07 Å². The molecule has 0 radical (unpaired) electrons. The number of thioether (sulfide) groups is 1. The van der Waals surface area contributed by atoms with Crippen molar-refractivity contribution in [3.05, 3.63) is 22.1 Å². The van der Waals surface area contributed by atoms with Crippen LogP contribution in [-0.4, -0.2) is 28.4 Å². The van der Waals surface area contributed by atoms with Crippen LogP contribution in [0.3, 0.4) is 0 Å². The Labute approximate surface area is 153 Å². The van der Waals surface area contributed by atoms with Gasteiger partial charge in [-0.15, -0.1) is 10.6 Å². The average molecular weight is 380 g/mol. The van der Waals surface area contributed by atoms with Gasteiger partial charge in [0, 0.05) is 5.75 Å². The monoisotopic (exact) mass is 379 g/mol. The summed E-state index contributed by atoms with van der Waals surface area (Å²) in [6.45, 7) is 8.69. The summed E-state index contributed by atoms with van der Waals surface area (Å²) in [5, 5.41) is 4.53. The maximum absolute atomic E-state index is 12.1. The second-order valence-corrected chi connectivity index (χ2v) is 13.9. The Morgan fingerprint density at radius 1 is 1.25 bits per heavy atom.